The lowest BCUT2D eigenvalue weighted by molar-refractivity contribution is 0.244. The zero-order chi connectivity index (χ0) is 16.6. The van der Waals surface area contributed by atoms with Crippen LogP contribution in [0.25, 0.3) is 11.4 Å². The van der Waals surface area contributed by atoms with Gasteiger partial charge in [0.2, 0.25) is 5.95 Å². The first-order valence-electron chi connectivity index (χ1n) is 7.02. The molecular weight excluding hydrogens is 328 g/mol. The van der Waals surface area contributed by atoms with Crippen molar-refractivity contribution >= 4 is 17.4 Å². The van der Waals surface area contributed by atoms with Gasteiger partial charge in [0.05, 0.1) is 6.04 Å². The Kier molecular flexibility index (Phi) is 4.27. The van der Waals surface area contributed by atoms with E-state index < -0.39 is 23.7 Å². The fourth-order valence-electron chi connectivity index (χ4n) is 2.49. The summed E-state index contributed by atoms with van der Waals surface area (Å²) in [5, 5.41) is -0.104. The van der Waals surface area contributed by atoms with Crippen molar-refractivity contribution in [3.05, 3.63) is 39.7 Å². The van der Waals surface area contributed by atoms with Gasteiger partial charge in [0.15, 0.2) is 5.82 Å². The third-order valence-electron chi connectivity index (χ3n) is 3.72. The summed E-state index contributed by atoms with van der Waals surface area (Å²) in [6.45, 7) is 0.538. The Labute approximate surface area is 135 Å². The number of pyridine rings is 1. The number of nitrogens with one attached hydrogen (secondary N) is 1. The normalized spacial score (nSPS) is 21.5. The third-order valence-corrected chi connectivity index (χ3v) is 4.06. The SMILES string of the molecule is NC1CN(c2nc(-c3ccnc(F)c3)[nH]c(=O)c2Cl)CCC1F. The van der Waals surface area contributed by atoms with Gasteiger partial charge in [-0.15, -0.1) is 0 Å². The summed E-state index contributed by atoms with van der Waals surface area (Å²) in [5.74, 6) is -0.321. The Morgan fingerprint density at radius 2 is 2.26 bits per heavy atom. The molecule has 2 aromatic heterocycles. The predicted molar refractivity (Wildman–Crippen MR) is 82.8 cm³/mol. The van der Waals surface area contributed by atoms with Crippen molar-refractivity contribution in [1.82, 2.24) is 15.0 Å². The average molecular weight is 342 g/mol. The molecule has 0 radical (unpaired) electrons. The Hall–Kier alpha value is -2.06. The quantitative estimate of drug-likeness (QED) is 0.808. The second-order valence-electron chi connectivity index (χ2n) is 5.33. The lowest BCUT2D eigenvalue weighted by Gasteiger charge is -2.34. The molecule has 2 atom stereocenters. The van der Waals surface area contributed by atoms with E-state index >= 15 is 0 Å². The van der Waals surface area contributed by atoms with Gasteiger partial charge in [-0.3, -0.25) is 4.79 Å². The lowest BCUT2D eigenvalue weighted by Crippen LogP contribution is -2.50. The molecule has 1 saturated heterocycles. The maximum atomic E-state index is 13.5. The molecule has 0 saturated carbocycles. The number of hydrogen-bond donors (Lipinski definition) is 2. The lowest BCUT2D eigenvalue weighted by atomic mass is 10.0. The molecule has 0 spiro atoms. The molecule has 0 bridgehead atoms. The van der Waals surface area contributed by atoms with Crippen LogP contribution in [0.5, 0.6) is 0 Å². The Balaban J connectivity index is 2.02. The van der Waals surface area contributed by atoms with E-state index in [1.165, 1.54) is 12.3 Å². The van der Waals surface area contributed by atoms with Crippen LogP contribution in [0.15, 0.2) is 23.1 Å². The highest BCUT2D eigenvalue weighted by molar-refractivity contribution is 6.32. The van der Waals surface area contributed by atoms with Gasteiger partial charge in [0, 0.05) is 30.9 Å². The van der Waals surface area contributed by atoms with Crippen LogP contribution in [0, 0.1) is 5.95 Å². The van der Waals surface area contributed by atoms with E-state index in [2.05, 4.69) is 15.0 Å². The van der Waals surface area contributed by atoms with E-state index in [0.717, 1.165) is 6.07 Å². The van der Waals surface area contributed by atoms with Crippen LogP contribution in [-0.4, -0.2) is 40.3 Å². The van der Waals surface area contributed by atoms with Crippen LogP contribution >= 0.6 is 11.6 Å². The second kappa shape index (κ2) is 6.21. The second-order valence-corrected chi connectivity index (χ2v) is 5.71. The highest BCUT2D eigenvalue weighted by Gasteiger charge is 2.29. The van der Waals surface area contributed by atoms with Crippen molar-refractivity contribution in [2.45, 2.75) is 18.6 Å². The van der Waals surface area contributed by atoms with Gasteiger partial charge >= 0.3 is 0 Å². The maximum Gasteiger partial charge on any atom is 0.272 e. The molecule has 23 heavy (non-hydrogen) atoms. The van der Waals surface area contributed by atoms with Gasteiger partial charge < -0.3 is 15.6 Å². The number of piperidine rings is 1. The van der Waals surface area contributed by atoms with Crippen LogP contribution in [0.2, 0.25) is 5.02 Å². The summed E-state index contributed by atoms with van der Waals surface area (Å²) in [4.78, 5) is 23.9. The van der Waals surface area contributed by atoms with Crippen molar-refractivity contribution in [2.75, 3.05) is 18.0 Å². The Morgan fingerprint density at radius 1 is 1.48 bits per heavy atom. The van der Waals surface area contributed by atoms with E-state index in [-0.39, 0.29) is 29.6 Å². The fourth-order valence-corrected chi connectivity index (χ4v) is 2.70. The van der Waals surface area contributed by atoms with Crippen molar-refractivity contribution in [2.24, 2.45) is 5.73 Å². The van der Waals surface area contributed by atoms with Crippen LogP contribution in [0.4, 0.5) is 14.6 Å². The summed E-state index contributed by atoms with van der Waals surface area (Å²) in [6.07, 6.45) is 0.398. The number of rotatable bonds is 2. The first-order valence-corrected chi connectivity index (χ1v) is 7.40. The minimum Gasteiger partial charge on any atom is -0.353 e. The molecule has 6 nitrogen and oxygen atoms in total. The van der Waals surface area contributed by atoms with Crippen molar-refractivity contribution in [3.63, 3.8) is 0 Å². The van der Waals surface area contributed by atoms with Gasteiger partial charge in [-0.2, -0.15) is 4.39 Å². The number of halogens is 3. The average Bonchev–Trinajstić information content (AvgIpc) is 2.52. The monoisotopic (exact) mass is 341 g/mol. The van der Waals surface area contributed by atoms with Crippen LogP contribution in [-0.2, 0) is 0 Å². The number of nitrogens with zero attached hydrogens (tertiary/aromatic N) is 3. The number of nitrogens with two attached hydrogens (primary N) is 1. The Bertz CT molecular complexity index is 784. The standard InChI is InChI=1S/C14H14ClF2N5O/c15-11-13(22-4-2-8(16)9(18)6-22)20-12(21-14(11)23)7-1-3-19-10(17)5-7/h1,3,5,8-9H,2,4,6,18H2,(H,20,21,23). The first kappa shape index (κ1) is 15.8. The molecule has 1 fully saturated rings. The van der Waals surface area contributed by atoms with Crippen molar-refractivity contribution in [1.29, 1.82) is 0 Å². The zero-order valence-corrected chi connectivity index (χ0v) is 12.7. The summed E-state index contributed by atoms with van der Waals surface area (Å²) in [5.41, 5.74) is 5.53. The summed E-state index contributed by atoms with van der Waals surface area (Å²) in [6, 6.07) is 1.98. The Morgan fingerprint density at radius 3 is 2.96 bits per heavy atom. The molecule has 1 aliphatic heterocycles. The number of anilines is 1. The van der Waals surface area contributed by atoms with E-state index in [1.54, 1.807) is 4.90 Å². The van der Waals surface area contributed by atoms with Gasteiger partial charge in [0.1, 0.15) is 17.0 Å². The summed E-state index contributed by atoms with van der Waals surface area (Å²) in [7, 11) is 0. The highest BCUT2D eigenvalue weighted by atomic mass is 35.5. The number of hydrogen-bond acceptors (Lipinski definition) is 5. The van der Waals surface area contributed by atoms with Crippen LogP contribution in [0.3, 0.4) is 0 Å². The molecule has 0 aromatic carbocycles. The van der Waals surface area contributed by atoms with Gasteiger partial charge in [-0.1, -0.05) is 11.6 Å². The summed E-state index contributed by atoms with van der Waals surface area (Å²) >= 11 is 6.03. The minimum absolute atomic E-state index is 0.104. The van der Waals surface area contributed by atoms with E-state index in [4.69, 9.17) is 17.3 Å². The molecule has 9 heteroatoms. The molecule has 2 unspecified atom stereocenters. The largest absolute Gasteiger partial charge is 0.353 e. The van der Waals surface area contributed by atoms with E-state index in [0.29, 0.717) is 12.1 Å². The molecule has 0 amide bonds. The zero-order valence-electron chi connectivity index (χ0n) is 12.0. The topological polar surface area (TPSA) is 87.9 Å². The highest BCUT2D eigenvalue weighted by Crippen LogP contribution is 2.26. The van der Waals surface area contributed by atoms with Crippen molar-refractivity contribution < 1.29 is 8.78 Å². The smallest absolute Gasteiger partial charge is 0.272 e. The van der Waals surface area contributed by atoms with E-state index in [1.807, 2.05) is 0 Å². The predicted octanol–water partition coefficient (Wildman–Crippen LogP) is 1.50. The molecule has 0 aliphatic carbocycles. The molecule has 2 aromatic rings. The van der Waals surface area contributed by atoms with Crippen LogP contribution in [0.1, 0.15) is 6.42 Å². The molecule has 3 rings (SSSR count). The van der Waals surface area contributed by atoms with Crippen molar-refractivity contribution in [3.8, 4) is 11.4 Å². The number of aromatic nitrogens is 3. The maximum absolute atomic E-state index is 13.5. The molecule has 1 aliphatic rings. The molecule has 3 heterocycles. The molecule has 3 N–H and O–H groups in total. The molecule has 122 valence electrons. The van der Waals surface area contributed by atoms with Gasteiger partial charge in [-0.25, -0.2) is 14.4 Å². The third kappa shape index (κ3) is 3.18. The van der Waals surface area contributed by atoms with E-state index in [9.17, 15) is 13.6 Å². The number of H-pyrrole nitrogens is 1. The van der Waals surface area contributed by atoms with Gasteiger partial charge in [0.25, 0.3) is 5.56 Å². The summed E-state index contributed by atoms with van der Waals surface area (Å²) < 4.78 is 26.8. The van der Waals surface area contributed by atoms with Crippen LogP contribution < -0.4 is 16.2 Å². The first-order chi connectivity index (χ1) is 11.0. The fraction of sp³-hybridized carbons (Fsp3) is 0.357. The number of alkyl halides is 1. The minimum atomic E-state index is -1.10. The van der Waals surface area contributed by atoms with Gasteiger partial charge in [-0.05, 0) is 12.5 Å². The molecular formula is C14H14ClF2N5O. The number of aromatic amines is 1.